The van der Waals surface area contributed by atoms with E-state index in [1.807, 2.05) is 0 Å². The number of aromatic nitrogens is 2. The zero-order valence-electron chi connectivity index (χ0n) is 8.98. The molecule has 0 aliphatic carbocycles. The number of nitro benzene ring substituents is 1. The van der Waals surface area contributed by atoms with Crippen molar-refractivity contribution in [2.45, 2.75) is 0 Å². The van der Waals surface area contributed by atoms with Gasteiger partial charge in [0.05, 0.1) is 10.6 Å². The summed E-state index contributed by atoms with van der Waals surface area (Å²) >= 11 is 0. The van der Waals surface area contributed by atoms with Gasteiger partial charge in [0.2, 0.25) is 0 Å². The van der Waals surface area contributed by atoms with Crippen LogP contribution in [-0.2, 0) is 0 Å². The summed E-state index contributed by atoms with van der Waals surface area (Å²) in [5.41, 5.74) is 0.601. The van der Waals surface area contributed by atoms with Crippen LogP contribution in [0.1, 0.15) is 10.4 Å². The maximum Gasteiger partial charge on any atom is 0.339 e. The zero-order valence-corrected chi connectivity index (χ0v) is 8.98. The molecule has 18 heavy (non-hydrogen) atoms. The molecule has 1 heterocycles. The maximum atomic E-state index is 11.0. The summed E-state index contributed by atoms with van der Waals surface area (Å²) < 4.78 is 0. The van der Waals surface area contributed by atoms with Crippen molar-refractivity contribution in [3.05, 3.63) is 52.5 Å². The number of aromatic carboxylic acids is 1. The quantitative estimate of drug-likeness (QED) is 0.652. The number of carboxylic acids is 1. The molecule has 0 spiro atoms. The van der Waals surface area contributed by atoms with E-state index in [2.05, 4.69) is 9.97 Å². The number of hydrogen-bond donors (Lipinski definition) is 1. The third kappa shape index (κ3) is 2.14. The molecule has 0 unspecified atom stereocenters. The lowest BCUT2D eigenvalue weighted by Crippen LogP contribution is -2.02. The van der Waals surface area contributed by atoms with E-state index in [1.54, 1.807) is 0 Å². The lowest BCUT2D eigenvalue weighted by Gasteiger charge is -2.03. The highest BCUT2D eigenvalue weighted by molar-refractivity contribution is 5.94. The summed E-state index contributed by atoms with van der Waals surface area (Å²) in [7, 11) is 0. The minimum atomic E-state index is -1.15. The fraction of sp³-hybridized carbons (Fsp3) is 0. The molecule has 7 nitrogen and oxygen atoms in total. The van der Waals surface area contributed by atoms with E-state index in [4.69, 9.17) is 5.11 Å². The van der Waals surface area contributed by atoms with Gasteiger partial charge in [-0.25, -0.2) is 14.8 Å². The monoisotopic (exact) mass is 245 g/mol. The van der Waals surface area contributed by atoms with Crippen LogP contribution >= 0.6 is 0 Å². The van der Waals surface area contributed by atoms with Crippen LogP contribution in [0.3, 0.4) is 0 Å². The van der Waals surface area contributed by atoms with Gasteiger partial charge in [-0.05, 0) is 12.1 Å². The molecule has 0 atom stereocenters. The van der Waals surface area contributed by atoms with Crippen molar-refractivity contribution in [1.82, 2.24) is 9.97 Å². The highest BCUT2D eigenvalue weighted by Crippen LogP contribution is 2.23. The Balaban J connectivity index is 2.49. The van der Waals surface area contributed by atoms with Gasteiger partial charge in [0, 0.05) is 23.9 Å². The lowest BCUT2D eigenvalue weighted by atomic mass is 10.1. The second kappa shape index (κ2) is 4.58. The largest absolute Gasteiger partial charge is 0.478 e. The molecule has 2 aromatic rings. The van der Waals surface area contributed by atoms with Gasteiger partial charge in [-0.2, -0.15) is 0 Å². The van der Waals surface area contributed by atoms with Crippen LogP contribution in [0.5, 0.6) is 0 Å². The molecule has 1 aromatic carbocycles. The Hall–Kier alpha value is -2.83. The minimum Gasteiger partial charge on any atom is -0.478 e. The van der Waals surface area contributed by atoms with Gasteiger partial charge < -0.3 is 5.11 Å². The smallest absolute Gasteiger partial charge is 0.339 e. The van der Waals surface area contributed by atoms with E-state index in [0.29, 0.717) is 5.56 Å². The molecule has 7 heteroatoms. The number of carbonyl (C=O) groups is 1. The van der Waals surface area contributed by atoms with Crippen LogP contribution in [0.2, 0.25) is 0 Å². The van der Waals surface area contributed by atoms with E-state index in [0.717, 1.165) is 0 Å². The summed E-state index contributed by atoms with van der Waals surface area (Å²) in [4.78, 5) is 28.5. The zero-order chi connectivity index (χ0) is 13.1. The van der Waals surface area contributed by atoms with Crippen molar-refractivity contribution in [1.29, 1.82) is 0 Å². The number of nitro groups is 1. The van der Waals surface area contributed by atoms with Crippen molar-refractivity contribution < 1.29 is 14.8 Å². The van der Waals surface area contributed by atoms with E-state index in [-0.39, 0.29) is 16.9 Å². The summed E-state index contributed by atoms with van der Waals surface area (Å²) in [6.07, 6.45) is 2.41. The first-order valence-corrected chi connectivity index (χ1v) is 4.87. The van der Waals surface area contributed by atoms with E-state index in [1.165, 1.54) is 36.8 Å². The van der Waals surface area contributed by atoms with Crippen LogP contribution in [0, 0.1) is 10.1 Å². The molecule has 0 saturated carbocycles. The van der Waals surface area contributed by atoms with Gasteiger partial charge in [0.1, 0.15) is 11.9 Å². The summed E-state index contributed by atoms with van der Waals surface area (Å²) in [6, 6.07) is 5.49. The summed E-state index contributed by atoms with van der Waals surface area (Å²) in [6.45, 7) is 0. The van der Waals surface area contributed by atoms with Crippen LogP contribution in [0.4, 0.5) is 5.69 Å². The second-order valence-electron chi connectivity index (χ2n) is 3.39. The number of nitrogens with zero attached hydrogens (tertiary/aromatic N) is 3. The average Bonchev–Trinajstić information content (AvgIpc) is 2.39. The Bertz CT molecular complexity index is 610. The molecule has 0 bridgehead atoms. The van der Waals surface area contributed by atoms with E-state index < -0.39 is 10.9 Å². The molecule has 1 aromatic heterocycles. The number of hydrogen-bond acceptors (Lipinski definition) is 5. The van der Waals surface area contributed by atoms with Crippen LogP contribution in [-0.4, -0.2) is 26.0 Å². The number of benzene rings is 1. The van der Waals surface area contributed by atoms with Gasteiger partial charge in [-0.15, -0.1) is 0 Å². The Labute approximate surface area is 101 Å². The Morgan fingerprint density at radius 3 is 2.50 bits per heavy atom. The third-order valence-corrected chi connectivity index (χ3v) is 2.29. The molecular formula is C11H7N3O4. The summed E-state index contributed by atoms with van der Waals surface area (Å²) in [5.74, 6) is -1.15. The molecule has 0 amide bonds. The van der Waals surface area contributed by atoms with Gasteiger partial charge >= 0.3 is 5.97 Å². The topological polar surface area (TPSA) is 106 Å². The first-order valence-electron chi connectivity index (χ1n) is 4.87. The van der Waals surface area contributed by atoms with Crippen molar-refractivity contribution in [3.8, 4) is 11.3 Å². The molecule has 0 radical (unpaired) electrons. The van der Waals surface area contributed by atoms with Gasteiger partial charge in [-0.3, -0.25) is 10.1 Å². The molecule has 1 N–H and O–H groups in total. The van der Waals surface area contributed by atoms with Crippen molar-refractivity contribution in [3.63, 3.8) is 0 Å². The third-order valence-electron chi connectivity index (χ3n) is 2.29. The molecular weight excluding hydrogens is 238 g/mol. The minimum absolute atomic E-state index is 0.0497. The standard InChI is InChI=1S/C11H7N3O4/c15-11(16)9-5-12-6-13-10(9)7-1-3-8(4-2-7)14(17)18/h1-6H,(H,15,16). The highest BCUT2D eigenvalue weighted by Gasteiger charge is 2.14. The van der Waals surface area contributed by atoms with Gasteiger partial charge in [0.15, 0.2) is 0 Å². The van der Waals surface area contributed by atoms with Crippen molar-refractivity contribution in [2.75, 3.05) is 0 Å². The fourth-order valence-corrected chi connectivity index (χ4v) is 1.46. The molecule has 0 aliphatic heterocycles. The summed E-state index contributed by atoms with van der Waals surface area (Å²) in [5, 5.41) is 19.5. The van der Waals surface area contributed by atoms with E-state index >= 15 is 0 Å². The van der Waals surface area contributed by atoms with Gasteiger partial charge in [-0.1, -0.05) is 0 Å². The van der Waals surface area contributed by atoms with E-state index in [9.17, 15) is 14.9 Å². The first kappa shape index (κ1) is 11.6. The predicted molar refractivity (Wildman–Crippen MR) is 61.1 cm³/mol. The molecule has 0 aliphatic rings. The first-order chi connectivity index (χ1) is 8.59. The van der Waals surface area contributed by atoms with Gasteiger partial charge in [0.25, 0.3) is 5.69 Å². The Morgan fingerprint density at radius 1 is 1.28 bits per heavy atom. The normalized spacial score (nSPS) is 10.0. The highest BCUT2D eigenvalue weighted by atomic mass is 16.6. The molecule has 0 fully saturated rings. The molecule has 0 saturated heterocycles. The average molecular weight is 245 g/mol. The number of carboxylic acid groups (broad SMARTS) is 1. The Morgan fingerprint density at radius 2 is 1.94 bits per heavy atom. The second-order valence-corrected chi connectivity index (χ2v) is 3.39. The van der Waals surface area contributed by atoms with Crippen molar-refractivity contribution in [2.24, 2.45) is 0 Å². The predicted octanol–water partition coefficient (Wildman–Crippen LogP) is 1.75. The maximum absolute atomic E-state index is 11.0. The number of non-ortho nitro benzene ring substituents is 1. The number of rotatable bonds is 3. The Kier molecular flexibility index (Phi) is 2.96. The van der Waals surface area contributed by atoms with Crippen LogP contribution in [0.25, 0.3) is 11.3 Å². The fourth-order valence-electron chi connectivity index (χ4n) is 1.46. The van der Waals surface area contributed by atoms with Crippen LogP contribution in [0.15, 0.2) is 36.8 Å². The molecule has 90 valence electrons. The van der Waals surface area contributed by atoms with Crippen molar-refractivity contribution >= 4 is 11.7 Å². The molecule has 2 rings (SSSR count). The van der Waals surface area contributed by atoms with Crippen LogP contribution < -0.4 is 0 Å². The lowest BCUT2D eigenvalue weighted by molar-refractivity contribution is -0.384. The SMILES string of the molecule is O=C(O)c1cncnc1-c1ccc([N+](=O)[O-])cc1.